The van der Waals surface area contributed by atoms with E-state index in [1.165, 1.54) is 22.6 Å². The molecule has 0 fully saturated rings. The fourth-order valence-electron chi connectivity index (χ4n) is 1.90. The summed E-state index contributed by atoms with van der Waals surface area (Å²) in [4.78, 5) is 2.81. The van der Waals surface area contributed by atoms with Crippen LogP contribution in [-0.2, 0) is 6.42 Å². The molecule has 0 aliphatic carbocycles. The molecule has 0 radical (unpaired) electrons. The predicted molar refractivity (Wildman–Crippen MR) is 67.8 cm³/mol. The summed E-state index contributed by atoms with van der Waals surface area (Å²) < 4.78 is 0. The second-order valence-electron chi connectivity index (χ2n) is 4.07. The lowest BCUT2D eigenvalue weighted by Crippen LogP contribution is -2.31. The molecular weight excluding hydrogens is 204 g/mol. The van der Waals surface area contributed by atoms with E-state index in [1.54, 1.807) is 0 Å². The molecule has 0 saturated heterocycles. The van der Waals surface area contributed by atoms with Gasteiger partial charge in [-0.2, -0.15) is 0 Å². The van der Waals surface area contributed by atoms with Crippen LogP contribution in [0.15, 0.2) is 12.1 Å². The molecule has 2 atom stereocenters. The number of nitrogens with one attached hydrogen (secondary N) is 1. The Kier molecular flexibility index (Phi) is 5.29. The molecule has 15 heavy (non-hydrogen) atoms. The summed E-state index contributed by atoms with van der Waals surface area (Å²) in [7, 11) is 0. The third-order valence-corrected chi connectivity index (χ3v) is 4.14. The molecule has 86 valence electrons. The molecule has 1 rings (SSSR count). The van der Waals surface area contributed by atoms with Crippen molar-refractivity contribution in [2.45, 2.75) is 46.1 Å². The van der Waals surface area contributed by atoms with Gasteiger partial charge >= 0.3 is 0 Å². The van der Waals surface area contributed by atoms with Gasteiger partial charge < -0.3 is 0 Å². The van der Waals surface area contributed by atoms with E-state index in [9.17, 15) is 0 Å². The molecule has 0 bridgehead atoms. The van der Waals surface area contributed by atoms with E-state index in [2.05, 4.69) is 38.3 Å². The largest absolute Gasteiger partial charge is 0.271 e. The van der Waals surface area contributed by atoms with Gasteiger partial charge in [0.2, 0.25) is 0 Å². The van der Waals surface area contributed by atoms with E-state index >= 15 is 0 Å². The minimum atomic E-state index is 0.315. The molecule has 1 aromatic rings. The molecule has 0 spiro atoms. The SMILES string of the molecule is CCCC(C)C(NN)c1ccc(CC)s1. The molecule has 1 aromatic heterocycles. The van der Waals surface area contributed by atoms with Gasteiger partial charge in [-0.3, -0.25) is 11.3 Å². The number of hydrogen-bond donors (Lipinski definition) is 2. The molecule has 1 heterocycles. The minimum absolute atomic E-state index is 0.315. The Morgan fingerprint density at radius 3 is 2.60 bits per heavy atom. The van der Waals surface area contributed by atoms with Crippen molar-refractivity contribution in [2.24, 2.45) is 11.8 Å². The van der Waals surface area contributed by atoms with Gasteiger partial charge in [-0.05, 0) is 30.9 Å². The van der Waals surface area contributed by atoms with Gasteiger partial charge in [-0.15, -0.1) is 11.3 Å². The second-order valence-corrected chi connectivity index (χ2v) is 5.27. The van der Waals surface area contributed by atoms with Crippen LogP contribution in [0, 0.1) is 5.92 Å². The summed E-state index contributed by atoms with van der Waals surface area (Å²) >= 11 is 1.88. The van der Waals surface area contributed by atoms with Crippen molar-refractivity contribution in [3.05, 3.63) is 21.9 Å². The first-order valence-corrected chi connectivity index (χ1v) is 6.59. The lowest BCUT2D eigenvalue weighted by Gasteiger charge is -2.21. The van der Waals surface area contributed by atoms with Crippen LogP contribution in [0.4, 0.5) is 0 Å². The maximum absolute atomic E-state index is 5.64. The summed E-state index contributed by atoms with van der Waals surface area (Å²) in [5.41, 5.74) is 2.95. The maximum atomic E-state index is 5.64. The third kappa shape index (κ3) is 3.30. The Bertz CT molecular complexity index is 283. The summed E-state index contributed by atoms with van der Waals surface area (Å²) in [6.45, 7) is 6.67. The molecule has 0 saturated carbocycles. The Labute approximate surface area is 96.9 Å². The summed E-state index contributed by atoms with van der Waals surface area (Å²) in [5.74, 6) is 6.24. The molecule has 0 amide bonds. The number of hydrogen-bond acceptors (Lipinski definition) is 3. The van der Waals surface area contributed by atoms with Gasteiger partial charge in [0.1, 0.15) is 0 Å². The van der Waals surface area contributed by atoms with Gasteiger partial charge in [0, 0.05) is 9.75 Å². The molecular formula is C12H22N2S. The lowest BCUT2D eigenvalue weighted by molar-refractivity contribution is 0.373. The van der Waals surface area contributed by atoms with Crippen LogP contribution in [0.25, 0.3) is 0 Å². The van der Waals surface area contributed by atoms with Gasteiger partial charge in [0.25, 0.3) is 0 Å². The summed E-state index contributed by atoms with van der Waals surface area (Å²) in [6, 6.07) is 4.73. The number of thiophene rings is 1. The Hall–Kier alpha value is -0.380. The first kappa shape index (κ1) is 12.7. The summed E-state index contributed by atoms with van der Waals surface area (Å²) in [5, 5.41) is 0. The highest BCUT2D eigenvalue weighted by Crippen LogP contribution is 2.30. The zero-order valence-electron chi connectivity index (χ0n) is 9.92. The van der Waals surface area contributed by atoms with Crippen LogP contribution in [-0.4, -0.2) is 0 Å². The van der Waals surface area contributed by atoms with Crippen molar-refractivity contribution in [3.63, 3.8) is 0 Å². The molecule has 3 N–H and O–H groups in total. The second kappa shape index (κ2) is 6.26. The molecule has 2 unspecified atom stereocenters. The first-order chi connectivity index (χ1) is 7.22. The fraction of sp³-hybridized carbons (Fsp3) is 0.667. The van der Waals surface area contributed by atoms with Gasteiger partial charge in [0.05, 0.1) is 6.04 Å². The lowest BCUT2D eigenvalue weighted by atomic mass is 9.96. The fourth-order valence-corrected chi connectivity index (χ4v) is 3.05. The van der Waals surface area contributed by atoms with Crippen molar-refractivity contribution in [3.8, 4) is 0 Å². The maximum Gasteiger partial charge on any atom is 0.0578 e. The minimum Gasteiger partial charge on any atom is -0.271 e. The number of nitrogens with two attached hydrogens (primary N) is 1. The highest BCUT2D eigenvalue weighted by Gasteiger charge is 2.18. The van der Waals surface area contributed by atoms with E-state index in [0.29, 0.717) is 12.0 Å². The number of hydrazine groups is 1. The average Bonchev–Trinajstić information content (AvgIpc) is 2.68. The Morgan fingerprint density at radius 2 is 2.13 bits per heavy atom. The monoisotopic (exact) mass is 226 g/mol. The molecule has 0 aliphatic heterocycles. The molecule has 0 aliphatic rings. The Balaban J connectivity index is 2.72. The van der Waals surface area contributed by atoms with Gasteiger partial charge in [-0.1, -0.05) is 27.2 Å². The average molecular weight is 226 g/mol. The van der Waals surface area contributed by atoms with Crippen LogP contribution in [0.1, 0.15) is 49.4 Å². The van der Waals surface area contributed by atoms with Gasteiger partial charge in [-0.25, -0.2) is 0 Å². The smallest absolute Gasteiger partial charge is 0.0578 e. The van der Waals surface area contributed by atoms with E-state index in [-0.39, 0.29) is 0 Å². The van der Waals surface area contributed by atoms with Crippen molar-refractivity contribution in [1.82, 2.24) is 5.43 Å². The highest BCUT2D eigenvalue weighted by atomic mass is 32.1. The standard InChI is InChI=1S/C12H22N2S/c1-4-6-9(3)12(14-13)11-8-7-10(5-2)15-11/h7-9,12,14H,4-6,13H2,1-3H3. The molecule has 3 heteroatoms. The zero-order chi connectivity index (χ0) is 11.3. The van der Waals surface area contributed by atoms with Crippen molar-refractivity contribution >= 4 is 11.3 Å². The normalized spacial score (nSPS) is 15.2. The highest BCUT2D eigenvalue weighted by molar-refractivity contribution is 7.12. The number of aryl methyl sites for hydroxylation is 1. The quantitative estimate of drug-likeness (QED) is 0.577. The molecule has 0 aromatic carbocycles. The predicted octanol–water partition coefficient (Wildman–Crippen LogP) is 3.25. The topological polar surface area (TPSA) is 38.0 Å². The van der Waals surface area contributed by atoms with Crippen LogP contribution in [0.2, 0.25) is 0 Å². The van der Waals surface area contributed by atoms with E-state index in [4.69, 9.17) is 5.84 Å². The number of rotatable bonds is 6. The molecule has 2 nitrogen and oxygen atoms in total. The third-order valence-electron chi connectivity index (χ3n) is 2.83. The van der Waals surface area contributed by atoms with E-state index in [1.807, 2.05) is 11.3 Å². The zero-order valence-corrected chi connectivity index (χ0v) is 10.7. The first-order valence-electron chi connectivity index (χ1n) is 5.77. The van der Waals surface area contributed by atoms with Crippen LogP contribution in [0.3, 0.4) is 0 Å². The van der Waals surface area contributed by atoms with Crippen LogP contribution < -0.4 is 11.3 Å². The van der Waals surface area contributed by atoms with Crippen LogP contribution in [0.5, 0.6) is 0 Å². The van der Waals surface area contributed by atoms with E-state index in [0.717, 1.165) is 6.42 Å². The van der Waals surface area contributed by atoms with Crippen molar-refractivity contribution < 1.29 is 0 Å². The van der Waals surface area contributed by atoms with Crippen molar-refractivity contribution in [2.75, 3.05) is 0 Å². The van der Waals surface area contributed by atoms with Crippen LogP contribution >= 0.6 is 11.3 Å². The van der Waals surface area contributed by atoms with E-state index < -0.39 is 0 Å². The Morgan fingerprint density at radius 1 is 1.40 bits per heavy atom. The van der Waals surface area contributed by atoms with Crippen molar-refractivity contribution in [1.29, 1.82) is 0 Å². The summed E-state index contributed by atoms with van der Waals surface area (Å²) in [6.07, 6.45) is 3.55. The van der Waals surface area contributed by atoms with Gasteiger partial charge in [0.15, 0.2) is 0 Å².